The van der Waals surface area contributed by atoms with Crippen molar-refractivity contribution in [1.29, 1.82) is 0 Å². The number of esters is 1. The van der Waals surface area contributed by atoms with Gasteiger partial charge in [-0.25, -0.2) is 4.79 Å². The summed E-state index contributed by atoms with van der Waals surface area (Å²) in [7, 11) is 1.55. The Kier molecular flexibility index (Phi) is 5.79. The van der Waals surface area contributed by atoms with Crippen molar-refractivity contribution in [3.8, 4) is 5.75 Å². The van der Waals surface area contributed by atoms with E-state index in [1.807, 2.05) is 6.07 Å². The van der Waals surface area contributed by atoms with Crippen molar-refractivity contribution in [2.75, 3.05) is 12.4 Å². The first-order valence-corrected chi connectivity index (χ1v) is 8.76. The predicted molar refractivity (Wildman–Crippen MR) is 104 cm³/mol. The summed E-state index contributed by atoms with van der Waals surface area (Å²) in [6.07, 6.45) is -1.12. The lowest BCUT2D eigenvalue weighted by Gasteiger charge is -2.18. The van der Waals surface area contributed by atoms with E-state index in [2.05, 4.69) is 5.32 Å². The number of rotatable bonds is 6. The Labute approximate surface area is 163 Å². The van der Waals surface area contributed by atoms with Crippen LogP contribution in [-0.4, -0.2) is 19.0 Å². The van der Waals surface area contributed by atoms with Gasteiger partial charge in [0.15, 0.2) is 0 Å². The van der Waals surface area contributed by atoms with Crippen LogP contribution in [0.5, 0.6) is 5.75 Å². The Morgan fingerprint density at radius 2 is 1.75 bits per heavy atom. The summed E-state index contributed by atoms with van der Waals surface area (Å²) in [6.45, 7) is 3.42. The van der Waals surface area contributed by atoms with Crippen molar-refractivity contribution < 1.29 is 23.5 Å². The van der Waals surface area contributed by atoms with Gasteiger partial charge >= 0.3 is 5.97 Å². The van der Waals surface area contributed by atoms with Gasteiger partial charge in [0.2, 0.25) is 6.10 Å². The first-order valence-electron chi connectivity index (χ1n) is 8.76. The van der Waals surface area contributed by atoms with E-state index in [9.17, 15) is 9.59 Å². The third-order valence-electron chi connectivity index (χ3n) is 4.16. The van der Waals surface area contributed by atoms with Crippen molar-refractivity contribution in [1.82, 2.24) is 0 Å². The number of carbonyl (C=O) groups excluding carboxylic acids is 2. The average Bonchev–Trinajstić information content (AvgIpc) is 3.04. The van der Waals surface area contributed by atoms with E-state index in [1.165, 1.54) is 0 Å². The van der Waals surface area contributed by atoms with Gasteiger partial charge in [0, 0.05) is 17.3 Å². The van der Waals surface area contributed by atoms with Crippen LogP contribution < -0.4 is 10.1 Å². The molecule has 0 bridgehead atoms. The van der Waals surface area contributed by atoms with Gasteiger partial charge in [-0.1, -0.05) is 36.4 Å². The second-order valence-corrected chi connectivity index (χ2v) is 6.24. The third-order valence-corrected chi connectivity index (χ3v) is 4.16. The fourth-order valence-electron chi connectivity index (χ4n) is 2.81. The van der Waals surface area contributed by atoms with E-state index in [4.69, 9.17) is 13.9 Å². The van der Waals surface area contributed by atoms with Gasteiger partial charge in [-0.2, -0.15) is 0 Å². The molecule has 0 aliphatic rings. The molecule has 1 unspecified atom stereocenters. The van der Waals surface area contributed by atoms with Gasteiger partial charge in [0.25, 0.3) is 5.91 Å². The van der Waals surface area contributed by atoms with Crippen molar-refractivity contribution in [3.05, 3.63) is 83.3 Å². The molecule has 0 aliphatic carbocycles. The number of anilines is 1. The summed E-state index contributed by atoms with van der Waals surface area (Å²) in [5.74, 6) is 0.564. The molecule has 1 N–H and O–H groups in total. The molecular formula is C22H21NO5. The minimum Gasteiger partial charge on any atom is -0.497 e. The molecule has 1 atom stereocenters. The number of hydrogen-bond acceptors (Lipinski definition) is 5. The third kappa shape index (κ3) is 4.40. The zero-order valence-electron chi connectivity index (χ0n) is 15.9. The minimum atomic E-state index is -1.12. The molecule has 0 radical (unpaired) electrons. The molecule has 6 nitrogen and oxygen atoms in total. The Bertz CT molecular complexity index is 978. The molecule has 6 heteroatoms. The lowest BCUT2D eigenvalue weighted by Crippen LogP contribution is -2.26. The summed E-state index contributed by atoms with van der Waals surface area (Å²) in [5, 5.41) is 2.77. The quantitative estimate of drug-likeness (QED) is 0.641. The van der Waals surface area contributed by atoms with E-state index < -0.39 is 18.0 Å². The summed E-state index contributed by atoms with van der Waals surface area (Å²) in [5.41, 5.74) is 1.40. The Balaban J connectivity index is 1.85. The number of furan rings is 1. The van der Waals surface area contributed by atoms with Gasteiger partial charge in [-0.05, 0) is 32.0 Å². The lowest BCUT2D eigenvalue weighted by atomic mass is 10.1. The van der Waals surface area contributed by atoms with Crippen LogP contribution in [0.1, 0.15) is 33.5 Å². The summed E-state index contributed by atoms with van der Waals surface area (Å²) in [4.78, 5) is 25.6. The molecule has 0 aliphatic heterocycles. The molecule has 28 heavy (non-hydrogen) atoms. The highest BCUT2D eigenvalue weighted by molar-refractivity contribution is 5.98. The van der Waals surface area contributed by atoms with Gasteiger partial charge in [0.05, 0.1) is 7.11 Å². The standard InChI is InChI=1S/C22H21NO5/c1-14-12-19(15(2)27-14)22(25)28-20(16-8-5-4-6-9-16)21(24)23-17-10-7-11-18(13-17)26-3/h4-13,20H,1-3H3,(H,23,24). The molecule has 1 heterocycles. The highest BCUT2D eigenvalue weighted by atomic mass is 16.5. The Hall–Kier alpha value is -3.54. The van der Waals surface area contributed by atoms with Crippen LogP contribution in [0.2, 0.25) is 0 Å². The van der Waals surface area contributed by atoms with E-state index in [0.717, 1.165) is 0 Å². The van der Waals surface area contributed by atoms with E-state index in [0.29, 0.717) is 34.1 Å². The highest BCUT2D eigenvalue weighted by Crippen LogP contribution is 2.25. The maximum absolute atomic E-state index is 12.9. The minimum absolute atomic E-state index is 0.299. The van der Waals surface area contributed by atoms with Crippen molar-refractivity contribution in [2.24, 2.45) is 0 Å². The fraction of sp³-hybridized carbons (Fsp3) is 0.182. The Morgan fingerprint density at radius 1 is 1.00 bits per heavy atom. The van der Waals surface area contributed by atoms with E-state index in [1.54, 1.807) is 75.6 Å². The number of methoxy groups -OCH3 is 1. The highest BCUT2D eigenvalue weighted by Gasteiger charge is 2.27. The maximum Gasteiger partial charge on any atom is 0.342 e. The molecule has 0 saturated heterocycles. The smallest absolute Gasteiger partial charge is 0.342 e. The average molecular weight is 379 g/mol. The van der Waals surface area contributed by atoms with Gasteiger partial charge in [-0.15, -0.1) is 0 Å². The van der Waals surface area contributed by atoms with Crippen LogP contribution in [0.15, 0.2) is 65.1 Å². The topological polar surface area (TPSA) is 77.8 Å². The molecule has 1 aromatic heterocycles. The van der Waals surface area contributed by atoms with Crippen LogP contribution >= 0.6 is 0 Å². The molecule has 0 fully saturated rings. The first-order chi connectivity index (χ1) is 13.5. The van der Waals surface area contributed by atoms with Crippen LogP contribution in [-0.2, 0) is 9.53 Å². The second kappa shape index (κ2) is 8.43. The summed E-state index contributed by atoms with van der Waals surface area (Å²) >= 11 is 0. The lowest BCUT2D eigenvalue weighted by molar-refractivity contribution is -0.125. The van der Waals surface area contributed by atoms with Gasteiger partial charge in [-0.3, -0.25) is 4.79 Å². The number of ether oxygens (including phenoxy) is 2. The van der Waals surface area contributed by atoms with Crippen LogP contribution in [0.4, 0.5) is 5.69 Å². The van der Waals surface area contributed by atoms with Crippen molar-refractivity contribution in [2.45, 2.75) is 20.0 Å². The van der Waals surface area contributed by atoms with Crippen LogP contribution in [0, 0.1) is 13.8 Å². The molecule has 0 saturated carbocycles. The summed E-state index contributed by atoms with van der Waals surface area (Å²) in [6, 6.07) is 17.4. The predicted octanol–water partition coefficient (Wildman–Crippen LogP) is 4.44. The van der Waals surface area contributed by atoms with E-state index in [-0.39, 0.29) is 0 Å². The maximum atomic E-state index is 12.9. The van der Waals surface area contributed by atoms with Crippen LogP contribution in [0.25, 0.3) is 0 Å². The van der Waals surface area contributed by atoms with Crippen molar-refractivity contribution in [3.63, 3.8) is 0 Å². The van der Waals surface area contributed by atoms with Crippen LogP contribution in [0.3, 0.4) is 0 Å². The zero-order valence-corrected chi connectivity index (χ0v) is 15.9. The summed E-state index contributed by atoms with van der Waals surface area (Å²) < 4.78 is 16.1. The molecule has 2 aromatic carbocycles. The normalized spacial score (nSPS) is 11.5. The molecule has 3 aromatic rings. The van der Waals surface area contributed by atoms with Gasteiger partial charge < -0.3 is 19.2 Å². The monoisotopic (exact) mass is 379 g/mol. The fourth-order valence-corrected chi connectivity index (χ4v) is 2.81. The number of aryl methyl sites for hydroxylation is 2. The van der Waals surface area contributed by atoms with Gasteiger partial charge in [0.1, 0.15) is 22.8 Å². The molecule has 3 rings (SSSR count). The van der Waals surface area contributed by atoms with Crippen molar-refractivity contribution >= 4 is 17.6 Å². The molecule has 144 valence electrons. The number of hydrogen-bond donors (Lipinski definition) is 1. The molecule has 0 spiro atoms. The van der Waals surface area contributed by atoms with E-state index >= 15 is 0 Å². The Morgan fingerprint density at radius 3 is 2.39 bits per heavy atom. The second-order valence-electron chi connectivity index (χ2n) is 6.24. The number of amides is 1. The number of carbonyl (C=O) groups is 2. The molecule has 1 amide bonds. The number of benzene rings is 2. The molecular weight excluding hydrogens is 358 g/mol. The zero-order chi connectivity index (χ0) is 20.1. The first kappa shape index (κ1) is 19.2. The largest absolute Gasteiger partial charge is 0.497 e. The SMILES string of the molecule is COc1cccc(NC(=O)C(OC(=O)c2cc(C)oc2C)c2ccccc2)c1. The number of nitrogens with one attached hydrogen (secondary N) is 1.